The number of carbonyl (C=O) groups excluding carboxylic acids is 2. The van der Waals surface area contributed by atoms with Crippen molar-refractivity contribution in [2.24, 2.45) is 51.6 Å². The summed E-state index contributed by atoms with van der Waals surface area (Å²) in [4.78, 5) is 28.7. The zero-order chi connectivity index (χ0) is 31.9. The first-order chi connectivity index (χ1) is 23.0. The summed E-state index contributed by atoms with van der Waals surface area (Å²) in [5.41, 5.74) is 6.29. The number of hydrogen-bond donors (Lipinski definition) is 1. The lowest BCUT2D eigenvalue weighted by atomic mass is 9.31. The van der Waals surface area contributed by atoms with Crippen molar-refractivity contribution < 1.29 is 19.1 Å². The van der Waals surface area contributed by atoms with Crippen molar-refractivity contribution in [3.63, 3.8) is 0 Å². The molecule has 2 N–H and O–H groups in total. The standard InChI is InChI=1S/C42H49NO4/c43-25-9-13-30-12-8-15-33-36(30)37(44)47-42(33)34(21-17-28-10-2-1-3-11-28)40-23-6-7-24-41(40,42)35(46-38(40)45)26-29-16-18-32-20-19-31-14-4-5-22-39(31,32)27-29/h4-6,8,12,14-16,18,22-23,26,28-29,31-32,34H,1-3,7,9-11,13,17,19-21,24-25,27,43H2. The van der Waals surface area contributed by atoms with E-state index < -0.39 is 16.4 Å². The first-order valence-corrected chi connectivity index (χ1v) is 18.7. The highest BCUT2D eigenvalue weighted by Gasteiger charge is 2.90. The maximum absolute atomic E-state index is 14.5. The second kappa shape index (κ2) is 10.9. The van der Waals surface area contributed by atoms with Crippen molar-refractivity contribution in [1.29, 1.82) is 0 Å². The van der Waals surface area contributed by atoms with Gasteiger partial charge in [-0.05, 0) is 99.6 Å². The summed E-state index contributed by atoms with van der Waals surface area (Å²) in [7, 11) is 0. The van der Waals surface area contributed by atoms with Crippen molar-refractivity contribution in [1.82, 2.24) is 0 Å². The molecule has 1 aromatic carbocycles. The molecule has 8 aliphatic rings. The second-order valence-corrected chi connectivity index (χ2v) is 16.0. The largest absolute Gasteiger partial charge is 0.449 e. The number of benzene rings is 1. The number of cyclic esters (lactones) is 1. The monoisotopic (exact) mass is 631 g/mol. The van der Waals surface area contributed by atoms with Crippen LogP contribution in [0.1, 0.15) is 105 Å². The zero-order valence-corrected chi connectivity index (χ0v) is 27.6. The van der Waals surface area contributed by atoms with Crippen molar-refractivity contribution in [2.45, 2.75) is 95.5 Å². The second-order valence-electron chi connectivity index (χ2n) is 16.0. The fourth-order valence-corrected chi connectivity index (χ4v) is 12.3. The first-order valence-electron chi connectivity index (χ1n) is 18.7. The fraction of sp³-hybridized carbons (Fsp3) is 0.571. The predicted octanol–water partition coefficient (Wildman–Crippen LogP) is 8.41. The third kappa shape index (κ3) is 3.81. The third-order valence-corrected chi connectivity index (χ3v) is 14.2. The topological polar surface area (TPSA) is 78.6 Å². The van der Waals surface area contributed by atoms with Gasteiger partial charge in [-0.3, -0.25) is 4.79 Å². The molecule has 5 nitrogen and oxygen atoms in total. The van der Waals surface area contributed by atoms with Gasteiger partial charge in [-0.1, -0.05) is 98.9 Å². The third-order valence-electron chi connectivity index (χ3n) is 14.2. The van der Waals surface area contributed by atoms with Gasteiger partial charge in [0.1, 0.15) is 11.2 Å². The molecule has 2 heterocycles. The molecule has 246 valence electrons. The van der Waals surface area contributed by atoms with Crippen LogP contribution in [0.25, 0.3) is 0 Å². The Labute approximate surface area is 279 Å². The van der Waals surface area contributed by atoms with Crippen LogP contribution in [0.5, 0.6) is 0 Å². The summed E-state index contributed by atoms with van der Waals surface area (Å²) >= 11 is 0. The van der Waals surface area contributed by atoms with Crippen LogP contribution in [0, 0.1) is 45.8 Å². The van der Waals surface area contributed by atoms with Crippen molar-refractivity contribution >= 4 is 11.9 Å². The number of nitrogens with two attached hydrogens (primary N) is 1. The zero-order valence-electron chi connectivity index (χ0n) is 27.6. The minimum Gasteiger partial charge on any atom is -0.449 e. The molecule has 6 aliphatic carbocycles. The quantitative estimate of drug-likeness (QED) is 0.242. The van der Waals surface area contributed by atoms with E-state index >= 15 is 0 Å². The van der Waals surface area contributed by atoms with Gasteiger partial charge in [0, 0.05) is 16.9 Å². The van der Waals surface area contributed by atoms with E-state index in [2.05, 4.69) is 72.9 Å². The van der Waals surface area contributed by atoms with Crippen LogP contribution < -0.4 is 5.73 Å². The van der Waals surface area contributed by atoms with Crippen LogP contribution in [-0.4, -0.2) is 18.5 Å². The maximum atomic E-state index is 14.5. The minimum atomic E-state index is -0.919. The smallest absolute Gasteiger partial charge is 0.339 e. The Morgan fingerprint density at radius 2 is 1.79 bits per heavy atom. The molecule has 5 heteroatoms. The van der Waals surface area contributed by atoms with E-state index in [9.17, 15) is 9.59 Å². The van der Waals surface area contributed by atoms with Crippen LogP contribution in [0.15, 0.2) is 78.6 Å². The van der Waals surface area contributed by atoms with Crippen LogP contribution in [0.2, 0.25) is 0 Å². The van der Waals surface area contributed by atoms with Gasteiger partial charge in [-0.25, -0.2) is 4.79 Å². The molecular formula is C42H49NO4. The van der Waals surface area contributed by atoms with Crippen LogP contribution in [0.3, 0.4) is 0 Å². The van der Waals surface area contributed by atoms with Gasteiger partial charge in [-0.2, -0.15) is 0 Å². The lowest BCUT2D eigenvalue weighted by Gasteiger charge is -2.68. The lowest BCUT2D eigenvalue weighted by molar-refractivity contribution is -0.271. The van der Waals surface area contributed by atoms with Gasteiger partial charge in [0.15, 0.2) is 5.60 Å². The lowest BCUT2D eigenvalue weighted by Crippen LogP contribution is -2.75. The molecule has 4 fully saturated rings. The number of allylic oxidation sites excluding steroid dienone is 8. The molecule has 3 saturated carbocycles. The average Bonchev–Trinajstić information content (AvgIpc) is 3.71. The highest BCUT2D eigenvalue weighted by molar-refractivity contribution is 5.99. The van der Waals surface area contributed by atoms with E-state index in [1.54, 1.807) is 0 Å². The molecule has 0 amide bonds. The van der Waals surface area contributed by atoms with E-state index in [1.165, 1.54) is 44.9 Å². The normalized spacial score (nSPS) is 41.7. The Morgan fingerprint density at radius 1 is 0.936 bits per heavy atom. The van der Waals surface area contributed by atoms with Gasteiger partial charge < -0.3 is 15.2 Å². The number of aryl methyl sites for hydroxylation is 1. The van der Waals surface area contributed by atoms with Crippen LogP contribution in [0.4, 0.5) is 0 Å². The molecule has 8 atom stereocenters. The van der Waals surface area contributed by atoms with Gasteiger partial charge in [0.05, 0.1) is 11.0 Å². The summed E-state index contributed by atoms with van der Waals surface area (Å²) < 4.78 is 13.5. The van der Waals surface area contributed by atoms with Gasteiger partial charge in [-0.15, -0.1) is 0 Å². The number of ether oxygens (including phenoxy) is 2. The van der Waals surface area contributed by atoms with Crippen molar-refractivity contribution in [3.05, 3.63) is 95.3 Å². The average molecular weight is 632 g/mol. The number of esters is 2. The summed E-state index contributed by atoms with van der Waals surface area (Å²) in [5.74, 6) is 2.14. The summed E-state index contributed by atoms with van der Waals surface area (Å²) in [6.07, 6.45) is 35.7. The Morgan fingerprint density at radius 3 is 2.64 bits per heavy atom. The Bertz CT molecular complexity index is 1640. The molecule has 0 aromatic heterocycles. The minimum absolute atomic E-state index is 0.124. The number of carbonyl (C=O) groups is 2. The molecular weight excluding hydrogens is 582 g/mol. The molecule has 47 heavy (non-hydrogen) atoms. The molecule has 8 unspecified atom stereocenters. The molecule has 2 aliphatic heterocycles. The Balaban J connectivity index is 1.18. The summed E-state index contributed by atoms with van der Waals surface area (Å²) in [5, 5.41) is 0. The van der Waals surface area contributed by atoms with E-state index in [0.717, 1.165) is 61.8 Å². The van der Waals surface area contributed by atoms with E-state index in [4.69, 9.17) is 15.2 Å². The Kier molecular flexibility index (Phi) is 6.95. The van der Waals surface area contributed by atoms with Crippen LogP contribution >= 0.6 is 0 Å². The van der Waals surface area contributed by atoms with Crippen molar-refractivity contribution in [2.75, 3.05) is 6.54 Å². The summed E-state index contributed by atoms with van der Waals surface area (Å²) in [6.45, 7) is 0.573. The maximum Gasteiger partial charge on any atom is 0.339 e. The van der Waals surface area contributed by atoms with Gasteiger partial charge in [0.25, 0.3) is 0 Å². The first kappa shape index (κ1) is 29.9. The molecule has 2 spiro atoms. The summed E-state index contributed by atoms with van der Waals surface area (Å²) in [6, 6.07) is 6.29. The highest BCUT2D eigenvalue weighted by atomic mass is 16.6. The molecule has 1 aromatic rings. The van der Waals surface area contributed by atoms with Crippen LogP contribution in [-0.2, 0) is 26.3 Å². The van der Waals surface area contributed by atoms with Gasteiger partial charge >= 0.3 is 11.9 Å². The van der Waals surface area contributed by atoms with Gasteiger partial charge in [0.2, 0.25) is 0 Å². The fourth-order valence-electron chi connectivity index (χ4n) is 12.3. The highest BCUT2D eigenvalue weighted by Crippen LogP contribution is 2.84. The molecule has 1 saturated heterocycles. The van der Waals surface area contributed by atoms with E-state index in [0.29, 0.717) is 29.9 Å². The number of hydrogen-bond acceptors (Lipinski definition) is 5. The van der Waals surface area contributed by atoms with Crippen molar-refractivity contribution in [3.8, 4) is 0 Å². The number of fused-ring (bicyclic) bond motifs is 2. The number of rotatable bonds is 7. The molecule has 9 rings (SSSR count). The Hall–Kier alpha value is -3.18. The SMILES string of the molecule is NCCCc1cccc2c1C(=O)OC21C(CCC2CCCCC2)C23C=CCCC21C(=CC1C=CC2CCC4C=CC=CC42C1)OC3=O. The molecule has 0 bridgehead atoms. The van der Waals surface area contributed by atoms with E-state index in [1.807, 2.05) is 0 Å². The molecule has 0 radical (unpaired) electrons. The predicted molar refractivity (Wildman–Crippen MR) is 182 cm³/mol. The van der Waals surface area contributed by atoms with E-state index in [-0.39, 0.29) is 29.2 Å².